The van der Waals surface area contributed by atoms with E-state index in [-0.39, 0.29) is 42.1 Å². The van der Waals surface area contributed by atoms with Crippen molar-refractivity contribution in [3.05, 3.63) is 59.9 Å². The van der Waals surface area contributed by atoms with Crippen LogP contribution in [0.1, 0.15) is 31.4 Å². The fraction of sp³-hybridized carbons (Fsp3) is 0.435. The van der Waals surface area contributed by atoms with Gasteiger partial charge in [-0.05, 0) is 38.0 Å². The Morgan fingerprint density at radius 1 is 1.29 bits per heavy atom. The minimum absolute atomic E-state index is 0. The van der Waals surface area contributed by atoms with Crippen molar-refractivity contribution in [3.8, 4) is 5.75 Å². The van der Waals surface area contributed by atoms with E-state index in [1.54, 1.807) is 25.3 Å². The molecule has 1 saturated heterocycles. The molecule has 2 aromatic rings. The SMILES string of the molecule is CCNC(=NCC(O)c1ccccc1F)NC1CCCN(c2cccc(OC)c2)C1.I. The van der Waals surface area contributed by atoms with Gasteiger partial charge in [0.15, 0.2) is 5.96 Å². The number of methoxy groups -OCH3 is 1. The number of anilines is 1. The van der Waals surface area contributed by atoms with E-state index in [9.17, 15) is 9.50 Å². The molecule has 3 N–H and O–H groups in total. The molecule has 0 spiro atoms. The van der Waals surface area contributed by atoms with Gasteiger partial charge >= 0.3 is 0 Å². The average molecular weight is 542 g/mol. The monoisotopic (exact) mass is 542 g/mol. The number of guanidine groups is 1. The Kier molecular flexibility index (Phi) is 10.3. The standard InChI is InChI=1S/C23H31FN4O2.HI/c1-3-25-23(26-15-22(29)20-11-4-5-12-21(20)24)27-17-8-7-13-28(16-17)18-9-6-10-19(14-18)30-2;/h4-6,9-12,14,17,22,29H,3,7-8,13,15-16H2,1-2H3,(H2,25,26,27);1H. The van der Waals surface area contributed by atoms with Gasteiger partial charge in [-0.2, -0.15) is 0 Å². The fourth-order valence-electron chi connectivity index (χ4n) is 3.67. The summed E-state index contributed by atoms with van der Waals surface area (Å²) in [6, 6.07) is 14.6. The van der Waals surface area contributed by atoms with Crippen LogP contribution in [0.5, 0.6) is 5.75 Å². The van der Waals surface area contributed by atoms with Crippen LogP contribution in [0.25, 0.3) is 0 Å². The molecule has 3 rings (SSSR count). The topological polar surface area (TPSA) is 69.1 Å². The molecule has 0 radical (unpaired) electrons. The van der Waals surface area contributed by atoms with E-state index in [2.05, 4.69) is 26.6 Å². The molecule has 31 heavy (non-hydrogen) atoms. The lowest BCUT2D eigenvalue weighted by molar-refractivity contribution is 0.182. The van der Waals surface area contributed by atoms with Gasteiger partial charge in [-0.15, -0.1) is 24.0 Å². The second-order valence-electron chi connectivity index (χ2n) is 7.39. The first-order valence-corrected chi connectivity index (χ1v) is 10.5. The minimum Gasteiger partial charge on any atom is -0.497 e. The number of nitrogens with one attached hydrogen (secondary N) is 2. The molecule has 1 aliphatic rings. The molecule has 2 atom stereocenters. The van der Waals surface area contributed by atoms with E-state index in [4.69, 9.17) is 4.74 Å². The summed E-state index contributed by atoms with van der Waals surface area (Å²) in [4.78, 5) is 6.82. The van der Waals surface area contributed by atoms with Crippen molar-refractivity contribution < 1.29 is 14.2 Å². The Morgan fingerprint density at radius 3 is 2.84 bits per heavy atom. The summed E-state index contributed by atoms with van der Waals surface area (Å²) in [7, 11) is 1.68. The van der Waals surface area contributed by atoms with Gasteiger partial charge in [0.05, 0.1) is 13.7 Å². The highest BCUT2D eigenvalue weighted by molar-refractivity contribution is 14.0. The Bertz CT molecular complexity index is 852. The molecular formula is C23H32FIN4O2. The van der Waals surface area contributed by atoms with Crippen molar-refractivity contribution >= 4 is 35.6 Å². The summed E-state index contributed by atoms with van der Waals surface area (Å²) in [5.41, 5.74) is 1.40. The molecule has 6 nitrogen and oxygen atoms in total. The zero-order valence-electron chi connectivity index (χ0n) is 18.1. The molecule has 0 amide bonds. The molecule has 0 bridgehead atoms. The summed E-state index contributed by atoms with van der Waals surface area (Å²) in [6.45, 7) is 4.61. The van der Waals surface area contributed by atoms with E-state index < -0.39 is 11.9 Å². The lowest BCUT2D eigenvalue weighted by Gasteiger charge is -2.35. The van der Waals surface area contributed by atoms with Crippen molar-refractivity contribution in [1.29, 1.82) is 0 Å². The molecular weight excluding hydrogens is 510 g/mol. The third-order valence-electron chi connectivity index (χ3n) is 5.21. The maximum Gasteiger partial charge on any atom is 0.191 e. The largest absolute Gasteiger partial charge is 0.497 e. The molecule has 8 heteroatoms. The average Bonchev–Trinajstić information content (AvgIpc) is 2.78. The van der Waals surface area contributed by atoms with Crippen LogP contribution in [0.4, 0.5) is 10.1 Å². The number of rotatable bonds is 7. The third kappa shape index (κ3) is 7.24. The van der Waals surface area contributed by atoms with Crippen LogP contribution in [-0.4, -0.2) is 50.4 Å². The second kappa shape index (κ2) is 12.7. The number of benzene rings is 2. The number of aliphatic hydroxyl groups excluding tert-OH is 1. The lowest BCUT2D eigenvalue weighted by Crippen LogP contribution is -2.51. The van der Waals surface area contributed by atoms with Gasteiger partial charge in [-0.25, -0.2) is 4.39 Å². The highest BCUT2D eigenvalue weighted by Gasteiger charge is 2.21. The zero-order valence-corrected chi connectivity index (χ0v) is 20.4. The van der Waals surface area contributed by atoms with Gasteiger partial charge in [0, 0.05) is 43.0 Å². The molecule has 2 aromatic carbocycles. The van der Waals surface area contributed by atoms with E-state index in [0.29, 0.717) is 12.5 Å². The Morgan fingerprint density at radius 2 is 2.10 bits per heavy atom. The van der Waals surface area contributed by atoms with Crippen LogP contribution < -0.4 is 20.3 Å². The quantitative estimate of drug-likeness (QED) is 0.283. The Balaban J connectivity index is 0.00000341. The number of hydrogen-bond acceptors (Lipinski definition) is 4. The van der Waals surface area contributed by atoms with Crippen molar-refractivity contribution in [2.75, 3.05) is 38.2 Å². The van der Waals surface area contributed by atoms with Crippen molar-refractivity contribution in [2.24, 2.45) is 4.99 Å². The number of nitrogens with zero attached hydrogens (tertiary/aromatic N) is 2. The number of hydrogen-bond donors (Lipinski definition) is 3. The summed E-state index contributed by atoms with van der Waals surface area (Å²) in [5.74, 6) is 1.06. The predicted octanol–water partition coefficient (Wildman–Crippen LogP) is 3.71. The van der Waals surface area contributed by atoms with E-state index in [0.717, 1.165) is 37.4 Å². The first-order valence-electron chi connectivity index (χ1n) is 10.5. The van der Waals surface area contributed by atoms with Gasteiger partial charge in [-0.1, -0.05) is 24.3 Å². The smallest absolute Gasteiger partial charge is 0.191 e. The minimum atomic E-state index is -0.985. The number of aliphatic hydroxyl groups is 1. The van der Waals surface area contributed by atoms with Crippen molar-refractivity contribution in [3.63, 3.8) is 0 Å². The Hall–Kier alpha value is -2.07. The summed E-state index contributed by atoms with van der Waals surface area (Å²) < 4.78 is 19.2. The zero-order chi connectivity index (χ0) is 21.3. The van der Waals surface area contributed by atoms with Crippen LogP contribution in [0.3, 0.4) is 0 Å². The molecule has 0 aromatic heterocycles. The lowest BCUT2D eigenvalue weighted by atomic mass is 10.0. The highest BCUT2D eigenvalue weighted by Crippen LogP contribution is 2.24. The third-order valence-corrected chi connectivity index (χ3v) is 5.21. The van der Waals surface area contributed by atoms with E-state index in [1.807, 2.05) is 25.1 Å². The van der Waals surface area contributed by atoms with Crippen LogP contribution >= 0.6 is 24.0 Å². The van der Waals surface area contributed by atoms with Crippen molar-refractivity contribution in [1.82, 2.24) is 10.6 Å². The van der Waals surface area contributed by atoms with Gasteiger partial charge in [0.25, 0.3) is 0 Å². The Labute approximate surface area is 200 Å². The number of aliphatic imine (C=N–C) groups is 1. The molecule has 1 fully saturated rings. The van der Waals surface area contributed by atoms with Gasteiger partial charge < -0.3 is 25.4 Å². The van der Waals surface area contributed by atoms with E-state index in [1.165, 1.54) is 6.07 Å². The summed E-state index contributed by atoms with van der Waals surface area (Å²) in [6.07, 6.45) is 1.11. The molecule has 0 aliphatic carbocycles. The number of piperidine rings is 1. The second-order valence-corrected chi connectivity index (χ2v) is 7.39. The van der Waals surface area contributed by atoms with Crippen LogP contribution in [-0.2, 0) is 0 Å². The maximum atomic E-state index is 13.9. The van der Waals surface area contributed by atoms with Crippen LogP contribution in [0.15, 0.2) is 53.5 Å². The number of ether oxygens (including phenoxy) is 1. The number of halogens is 2. The molecule has 170 valence electrons. The van der Waals surface area contributed by atoms with Crippen LogP contribution in [0, 0.1) is 5.82 Å². The molecule has 1 aliphatic heterocycles. The maximum absolute atomic E-state index is 13.9. The van der Waals surface area contributed by atoms with Crippen molar-refractivity contribution in [2.45, 2.75) is 31.9 Å². The first kappa shape index (κ1) is 25.2. The van der Waals surface area contributed by atoms with E-state index >= 15 is 0 Å². The predicted molar refractivity (Wildman–Crippen MR) is 134 cm³/mol. The molecule has 1 heterocycles. The summed E-state index contributed by atoms with van der Waals surface area (Å²) >= 11 is 0. The van der Waals surface area contributed by atoms with Gasteiger partial charge in [-0.3, -0.25) is 4.99 Å². The molecule has 2 unspecified atom stereocenters. The summed E-state index contributed by atoms with van der Waals surface area (Å²) in [5, 5.41) is 17.0. The molecule has 0 saturated carbocycles. The first-order chi connectivity index (χ1) is 14.6. The normalized spacial score (nSPS) is 17.5. The van der Waals surface area contributed by atoms with Crippen LogP contribution in [0.2, 0.25) is 0 Å². The fourth-order valence-corrected chi connectivity index (χ4v) is 3.67. The van der Waals surface area contributed by atoms with Gasteiger partial charge in [0.1, 0.15) is 17.7 Å². The van der Waals surface area contributed by atoms with Gasteiger partial charge in [0.2, 0.25) is 0 Å². The highest BCUT2D eigenvalue weighted by atomic mass is 127.